The van der Waals surface area contributed by atoms with Gasteiger partial charge in [-0.3, -0.25) is 4.79 Å². The van der Waals surface area contributed by atoms with E-state index in [0.29, 0.717) is 6.42 Å². The lowest BCUT2D eigenvalue weighted by atomic mass is 10.0. The molecule has 1 aromatic carbocycles. The van der Waals surface area contributed by atoms with Crippen molar-refractivity contribution in [2.75, 3.05) is 31.1 Å². The highest BCUT2D eigenvalue weighted by Crippen LogP contribution is 2.30. The van der Waals surface area contributed by atoms with Crippen LogP contribution in [0.25, 0.3) is 0 Å². The van der Waals surface area contributed by atoms with Crippen LogP contribution in [-0.4, -0.2) is 32.1 Å². The number of carbonyl (C=O) groups is 1. The summed E-state index contributed by atoms with van der Waals surface area (Å²) in [7, 11) is 0. The Morgan fingerprint density at radius 2 is 2.05 bits per heavy atom. The predicted molar refractivity (Wildman–Crippen MR) is 76.0 cm³/mol. The van der Waals surface area contributed by atoms with Crippen molar-refractivity contribution >= 4 is 11.6 Å². The number of carbonyl (C=O) groups excluding carboxylic acids is 1. The fraction of sp³-hybridized carbons (Fsp3) is 0.533. The molecule has 0 spiro atoms. The minimum Gasteiger partial charge on any atom is -0.371 e. The van der Waals surface area contributed by atoms with E-state index in [1.807, 2.05) is 0 Å². The summed E-state index contributed by atoms with van der Waals surface area (Å²) in [4.78, 5) is 13.3. The van der Waals surface area contributed by atoms with Crippen molar-refractivity contribution < 1.29 is 4.79 Å². The summed E-state index contributed by atoms with van der Waals surface area (Å²) in [6.45, 7) is 4.61. The lowest BCUT2D eigenvalue weighted by Gasteiger charge is -2.20. The molecular formula is C15H21N3O. The van der Waals surface area contributed by atoms with Gasteiger partial charge >= 0.3 is 0 Å². The number of nitrogens with two attached hydrogens (primary N) is 1. The molecule has 2 saturated heterocycles. The Bertz CT molecular complexity index is 462. The summed E-state index contributed by atoms with van der Waals surface area (Å²) in [5.74, 6) is 1.37. The summed E-state index contributed by atoms with van der Waals surface area (Å²) in [6, 6.07) is 8.53. The molecule has 2 aliphatic rings. The van der Waals surface area contributed by atoms with Crippen molar-refractivity contribution in [1.29, 1.82) is 0 Å². The molecule has 4 nitrogen and oxygen atoms in total. The lowest BCUT2D eigenvalue weighted by Crippen LogP contribution is -2.25. The largest absolute Gasteiger partial charge is 0.371 e. The van der Waals surface area contributed by atoms with E-state index in [1.54, 1.807) is 0 Å². The number of nitrogens with one attached hydrogen (secondary N) is 1. The van der Waals surface area contributed by atoms with Crippen molar-refractivity contribution in [2.45, 2.75) is 12.8 Å². The number of primary amides is 1. The number of hydrogen-bond donors (Lipinski definition) is 2. The SMILES string of the molecule is NC(=O)CCc1cccc(N2CC3CNCC3C2)c1. The molecule has 0 radical (unpaired) electrons. The first-order chi connectivity index (χ1) is 9.22. The molecule has 3 rings (SSSR count). The second-order valence-corrected chi connectivity index (χ2v) is 5.72. The Morgan fingerprint density at radius 3 is 2.74 bits per heavy atom. The maximum absolute atomic E-state index is 10.9. The van der Waals surface area contributed by atoms with Crippen LogP contribution < -0.4 is 16.0 Å². The Labute approximate surface area is 114 Å². The second-order valence-electron chi connectivity index (χ2n) is 5.72. The predicted octanol–water partition coefficient (Wildman–Crippen LogP) is 0.760. The van der Waals surface area contributed by atoms with Gasteiger partial charge < -0.3 is 16.0 Å². The number of hydrogen-bond acceptors (Lipinski definition) is 3. The van der Waals surface area contributed by atoms with Gasteiger partial charge in [-0.15, -0.1) is 0 Å². The van der Waals surface area contributed by atoms with Crippen LogP contribution in [0.15, 0.2) is 24.3 Å². The fourth-order valence-corrected chi connectivity index (χ4v) is 3.24. The average molecular weight is 259 g/mol. The van der Waals surface area contributed by atoms with Gasteiger partial charge in [-0.2, -0.15) is 0 Å². The van der Waals surface area contributed by atoms with Gasteiger partial charge in [-0.05, 0) is 36.0 Å². The van der Waals surface area contributed by atoms with E-state index < -0.39 is 0 Å². The topological polar surface area (TPSA) is 58.4 Å². The highest BCUT2D eigenvalue weighted by Gasteiger charge is 2.35. The molecule has 3 N–H and O–H groups in total. The molecule has 2 aliphatic heterocycles. The molecule has 2 unspecified atom stereocenters. The van der Waals surface area contributed by atoms with E-state index in [9.17, 15) is 4.79 Å². The zero-order valence-corrected chi connectivity index (χ0v) is 11.1. The molecule has 2 atom stereocenters. The van der Waals surface area contributed by atoms with Crippen LogP contribution in [0.4, 0.5) is 5.69 Å². The van der Waals surface area contributed by atoms with E-state index in [2.05, 4.69) is 34.5 Å². The third kappa shape index (κ3) is 2.73. The Morgan fingerprint density at radius 1 is 1.32 bits per heavy atom. The number of benzene rings is 1. The van der Waals surface area contributed by atoms with E-state index in [4.69, 9.17) is 5.73 Å². The number of anilines is 1. The average Bonchev–Trinajstić information content (AvgIpc) is 2.97. The van der Waals surface area contributed by atoms with Crippen molar-refractivity contribution in [1.82, 2.24) is 5.32 Å². The zero-order valence-electron chi connectivity index (χ0n) is 11.1. The van der Waals surface area contributed by atoms with Crippen LogP contribution in [0, 0.1) is 11.8 Å². The molecule has 0 bridgehead atoms. The molecular weight excluding hydrogens is 238 g/mol. The van der Waals surface area contributed by atoms with Gasteiger partial charge in [0.15, 0.2) is 0 Å². The maximum atomic E-state index is 10.9. The molecule has 0 aliphatic carbocycles. The molecule has 4 heteroatoms. The van der Waals surface area contributed by atoms with Crippen LogP contribution in [0.3, 0.4) is 0 Å². The van der Waals surface area contributed by atoms with E-state index in [0.717, 1.165) is 44.4 Å². The van der Waals surface area contributed by atoms with Crippen LogP contribution in [-0.2, 0) is 11.2 Å². The van der Waals surface area contributed by atoms with E-state index in [1.165, 1.54) is 11.3 Å². The van der Waals surface area contributed by atoms with Crippen molar-refractivity contribution in [3.8, 4) is 0 Å². The summed E-state index contributed by atoms with van der Waals surface area (Å²) in [5, 5.41) is 3.46. The van der Waals surface area contributed by atoms with Gasteiger partial charge in [0.2, 0.25) is 5.91 Å². The highest BCUT2D eigenvalue weighted by atomic mass is 16.1. The molecule has 19 heavy (non-hydrogen) atoms. The number of fused-ring (bicyclic) bond motifs is 1. The minimum absolute atomic E-state index is 0.229. The first kappa shape index (κ1) is 12.5. The maximum Gasteiger partial charge on any atom is 0.217 e. The van der Waals surface area contributed by atoms with Crippen LogP contribution >= 0.6 is 0 Å². The van der Waals surface area contributed by atoms with Gasteiger partial charge in [-0.1, -0.05) is 12.1 Å². The van der Waals surface area contributed by atoms with Crippen molar-refractivity contribution in [2.24, 2.45) is 17.6 Å². The van der Waals surface area contributed by atoms with Gasteiger partial charge in [0, 0.05) is 38.3 Å². The standard InChI is InChI=1S/C15H21N3O/c16-15(19)5-4-11-2-1-3-14(6-11)18-9-12-7-17-8-13(12)10-18/h1-3,6,12-13,17H,4-5,7-10H2,(H2,16,19). The number of rotatable bonds is 4. The van der Waals surface area contributed by atoms with Gasteiger partial charge in [0.1, 0.15) is 0 Å². The highest BCUT2D eigenvalue weighted by molar-refractivity contribution is 5.74. The van der Waals surface area contributed by atoms with E-state index >= 15 is 0 Å². The number of aryl methyl sites for hydroxylation is 1. The van der Waals surface area contributed by atoms with Gasteiger partial charge in [0.25, 0.3) is 0 Å². The fourth-order valence-electron chi connectivity index (χ4n) is 3.24. The van der Waals surface area contributed by atoms with Crippen molar-refractivity contribution in [3.05, 3.63) is 29.8 Å². The van der Waals surface area contributed by atoms with Crippen LogP contribution in [0.1, 0.15) is 12.0 Å². The van der Waals surface area contributed by atoms with Gasteiger partial charge in [-0.25, -0.2) is 0 Å². The first-order valence-corrected chi connectivity index (χ1v) is 7.05. The summed E-state index contributed by atoms with van der Waals surface area (Å²) in [6.07, 6.45) is 1.17. The monoisotopic (exact) mass is 259 g/mol. The quantitative estimate of drug-likeness (QED) is 0.839. The summed E-state index contributed by atoms with van der Waals surface area (Å²) in [5.41, 5.74) is 7.69. The third-order valence-electron chi connectivity index (χ3n) is 4.33. The Kier molecular flexibility index (Phi) is 3.42. The summed E-state index contributed by atoms with van der Waals surface area (Å²) < 4.78 is 0. The third-order valence-corrected chi connectivity index (χ3v) is 4.33. The first-order valence-electron chi connectivity index (χ1n) is 7.05. The zero-order chi connectivity index (χ0) is 13.2. The number of amides is 1. The summed E-state index contributed by atoms with van der Waals surface area (Å²) >= 11 is 0. The van der Waals surface area contributed by atoms with Crippen molar-refractivity contribution in [3.63, 3.8) is 0 Å². The normalized spacial score (nSPS) is 25.6. The molecule has 1 aromatic rings. The molecule has 2 heterocycles. The van der Waals surface area contributed by atoms with Crippen LogP contribution in [0.2, 0.25) is 0 Å². The molecule has 1 amide bonds. The molecule has 0 saturated carbocycles. The lowest BCUT2D eigenvalue weighted by molar-refractivity contribution is -0.117. The van der Waals surface area contributed by atoms with E-state index in [-0.39, 0.29) is 5.91 Å². The smallest absolute Gasteiger partial charge is 0.217 e. The second kappa shape index (κ2) is 5.21. The van der Waals surface area contributed by atoms with Gasteiger partial charge in [0.05, 0.1) is 0 Å². The Balaban J connectivity index is 1.68. The number of nitrogens with zero attached hydrogens (tertiary/aromatic N) is 1. The minimum atomic E-state index is -0.229. The van der Waals surface area contributed by atoms with Crippen LogP contribution in [0.5, 0.6) is 0 Å². The molecule has 0 aromatic heterocycles. The molecule has 102 valence electrons. The Hall–Kier alpha value is -1.55. The molecule has 2 fully saturated rings.